The number of hydrogen-bond acceptors (Lipinski definition) is 4. The zero-order valence-electron chi connectivity index (χ0n) is 9.97. The van der Waals surface area contributed by atoms with E-state index in [0.29, 0.717) is 5.89 Å². The molecule has 17 heavy (non-hydrogen) atoms. The number of nitrogens with two attached hydrogens (primary N) is 1. The van der Waals surface area contributed by atoms with Crippen LogP contribution >= 0.6 is 0 Å². The van der Waals surface area contributed by atoms with E-state index in [9.17, 15) is 0 Å². The fourth-order valence-corrected chi connectivity index (χ4v) is 1.60. The molecule has 0 aliphatic carbocycles. The van der Waals surface area contributed by atoms with E-state index in [-0.39, 0.29) is 6.04 Å². The average Bonchev–Trinajstić information content (AvgIpc) is 2.85. The molecular formula is C13H17N3O. The van der Waals surface area contributed by atoms with Crippen molar-refractivity contribution < 1.29 is 4.52 Å². The van der Waals surface area contributed by atoms with Crippen LogP contribution in [-0.4, -0.2) is 10.1 Å². The van der Waals surface area contributed by atoms with Crippen molar-refractivity contribution in [1.82, 2.24) is 10.1 Å². The molecule has 1 aromatic carbocycles. The van der Waals surface area contributed by atoms with Crippen molar-refractivity contribution >= 4 is 0 Å². The van der Waals surface area contributed by atoms with E-state index in [0.717, 1.165) is 25.1 Å². The molecule has 4 heteroatoms. The number of benzene rings is 1. The van der Waals surface area contributed by atoms with Crippen LogP contribution in [0.2, 0.25) is 0 Å². The Morgan fingerprint density at radius 1 is 1.24 bits per heavy atom. The lowest BCUT2D eigenvalue weighted by molar-refractivity contribution is 0.348. The molecule has 0 unspecified atom stereocenters. The molecule has 4 nitrogen and oxygen atoms in total. The Balaban J connectivity index is 1.94. The fourth-order valence-electron chi connectivity index (χ4n) is 1.60. The van der Waals surface area contributed by atoms with Crippen LogP contribution in [-0.2, 0) is 12.8 Å². The summed E-state index contributed by atoms with van der Waals surface area (Å²) >= 11 is 0. The summed E-state index contributed by atoms with van der Waals surface area (Å²) in [5, 5.41) is 3.93. The predicted octanol–water partition coefficient (Wildman–Crippen LogP) is 2.26. The average molecular weight is 231 g/mol. The lowest BCUT2D eigenvalue weighted by Gasteiger charge is -1.99. The van der Waals surface area contributed by atoms with Crippen molar-refractivity contribution in [3.8, 4) is 0 Å². The Bertz CT molecular complexity index is 453. The van der Waals surface area contributed by atoms with Crippen LogP contribution in [0.4, 0.5) is 0 Å². The lowest BCUT2D eigenvalue weighted by Crippen LogP contribution is -2.09. The normalized spacial score (nSPS) is 12.6. The molecule has 1 aromatic heterocycles. The molecule has 1 atom stereocenters. The predicted molar refractivity (Wildman–Crippen MR) is 65.4 cm³/mol. The SMILES string of the molecule is CC[C@H](N)c1nc(CCc2ccccc2)no1. The van der Waals surface area contributed by atoms with E-state index in [1.807, 2.05) is 25.1 Å². The van der Waals surface area contributed by atoms with E-state index in [1.165, 1.54) is 5.56 Å². The molecule has 0 spiro atoms. The van der Waals surface area contributed by atoms with Crippen molar-refractivity contribution in [2.45, 2.75) is 32.2 Å². The summed E-state index contributed by atoms with van der Waals surface area (Å²) in [6.45, 7) is 2.00. The quantitative estimate of drug-likeness (QED) is 0.857. The molecule has 2 rings (SSSR count). The Morgan fingerprint density at radius 2 is 2.00 bits per heavy atom. The van der Waals surface area contributed by atoms with E-state index in [2.05, 4.69) is 22.3 Å². The molecular weight excluding hydrogens is 214 g/mol. The summed E-state index contributed by atoms with van der Waals surface area (Å²) in [4.78, 5) is 4.29. The summed E-state index contributed by atoms with van der Waals surface area (Å²) in [7, 11) is 0. The van der Waals surface area contributed by atoms with Gasteiger partial charge in [-0.25, -0.2) is 0 Å². The zero-order chi connectivity index (χ0) is 12.1. The number of hydrogen-bond donors (Lipinski definition) is 1. The number of aromatic nitrogens is 2. The van der Waals surface area contributed by atoms with Gasteiger partial charge in [0.25, 0.3) is 0 Å². The summed E-state index contributed by atoms with van der Waals surface area (Å²) in [5.41, 5.74) is 7.10. The van der Waals surface area contributed by atoms with Gasteiger partial charge in [-0.1, -0.05) is 42.4 Å². The van der Waals surface area contributed by atoms with Crippen LogP contribution in [0, 0.1) is 0 Å². The first-order valence-electron chi connectivity index (χ1n) is 5.91. The first-order chi connectivity index (χ1) is 8.29. The minimum atomic E-state index is -0.145. The molecule has 90 valence electrons. The monoisotopic (exact) mass is 231 g/mol. The number of aryl methyl sites for hydroxylation is 2. The van der Waals surface area contributed by atoms with Crippen molar-refractivity contribution in [1.29, 1.82) is 0 Å². The van der Waals surface area contributed by atoms with Crippen LogP contribution < -0.4 is 5.73 Å². The second kappa shape index (κ2) is 5.59. The maximum Gasteiger partial charge on any atom is 0.243 e. The highest BCUT2D eigenvalue weighted by Crippen LogP contribution is 2.11. The summed E-state index contributed by atoms with van der Waals surface area (Å²) < 4.78 is 5.12. The van der Waals surface area contributed by atoms with Crippen molar-refractivity contribution in [2.24, 2.45) is 5.73 Å². The molecule has 0 saturated carbocycles. The summed E-state index contributed by atoms with van der Waals surface area (Å²) in [6.07, 6.45) is 2.51. The standard InChI is InChI=1S/C13H17N3O/c1-2-11(14)13-15-12(16-17-13)9-8-10-6-4-3-5-7-10/h3-7,11H,2,8-9,14H2,1H3/t11-/m0/s1. The Morgan fingerprint density at radius 3 is 2.71 bits per heavy atom. The van der Waals surface area contributed by atoms with Crippen LogP contribution in [0.1, 0.15) is 36.7 Å². The van der Waals surface area contributed by atoms with Gasteiger partial charge in [0.15, 0.2) is 5.82 Å². The van der Waals surface area contributed by atoms with Crippen LogP contribution in [0.25, 0.3) is 0 Å². The highest BCUT2D eigenvalue weighted by atomic mass is 16.5. The highest BCUT2D eigenvalue weighted by molar-refractivity contribution is 5.15. The van der Waals surface area contributed by atoms with E-state index >= 15 is 0 Å². The highest BCUT2D eigenvalue weighted by Gasteiger charge is 2.12. The molecule has 0 amide bonds. The van der Waals surface area contributed by atoms with Gasteiger partial charge < -0.3 is 10.3 Å². The third-order valence-corrected chi connectivity index (χ3v) is 2.72. The van der Waals surface area contributed by atoms with Gasteiger partial charge in [0.1, 0.15) is 0 Å². The van der Waals surface area contributed by atoms with Crippen molar-refractivity contribution in [2.75, 3.05) is 0 Å². The van der Waals surface area contributed by atoms with Gasteiger partial charge >= 0.3 is 0 Å². The molecule has 0 aliphatic rings. The van der Waals surface area contributed by atoms with Gasteiger partial charge in [-0.2, -0.15) is 4.98 Å². The number of rotatable bonds is 5. The first-order valence-corrected chi connectivity index (χ1v) is 5.91. The zero-order valence-corrected chi connectivity index (χ0v) is 9.97. The molecule has 0 fully saturated rings. The Labute approximate surface area is 101 Å². The topological polar surface area (TPSA) is 64.9 Å². The van der Waals surface area contributed by atoms with E-state index < -0.39 is 0 Å². The van der Waals surface area contributed by atoms with Gasteiger partial charge in [-0.15, -0.1) is 0 Å². The number of nitrogens with zero attached hydrogens (tertiary/aromatic N) is 2. The van der Waals surface area contributed by atoms with Crippen molar-refractivity contribution in [3.05, 3.63) is 47.6 Å². The van der Waals surface area contributed by atoms with Crippen LogP contribution in [0.15, 0.2) is 34.9 Å². The van der Waals surface area contributed by atoms with E-state index in [1.54, 1.807) is 0 Å². The van der Waals surface area contributed by atoms with Gasteiger partial charge in [0, 0.05) is 6.42 Å². The van der Waals surface area contributed by atoms with Gasteiger partial charge in [-0.05, 0) is 18.4 Å². The molecule has 2 N–H and O–H groups in total. The third kappa shape index (κ3) is 3.14. The van der Waals surface area contributed by atoms with Gasteiger partial charge in [0.05, 0.1) is 6.04 Å². The fraction of sp³-hybridized carbons (Fsp3) is 0.385. The molecule has 0 radical (unpaired) electrons. The van der Waals surface area contributed by atoms with Crippen molar-refractivity contribution in [3.63, 3.8) is 0 Å². The molecule has 0 bridgehead atoms. The molecule has 2 aromatic rings. The Hall–Kier alpha value is -1.68. The second-order valence-electron chi connectivity index (χ2n) is 4.05. The van der Waals surface area contributed by atoms with Gasteiger partial charge in [-0.3, -0.25) is 0 Å². The largest absolute Gasteiger partial charge is 0.338 e. The Kier molecular flexibility index (Phi) is 3.88. The minimum absolute atomic E-state index is 0.145. The lowest BCUT2D eigenvalue weighted by atomic mass is 10.1. The smallest absolute Gasteiger partial charge is 0.243 e. The van der Waals surface area contributed by atoms with Crippen LogP contribution in [0.3, 0.4) is 0 Å². The second-order valence-corrected chi connectivity index (χ2v) is 4.05. The molecule has 0 saturated heterocycles. The molecule has 0 aliphatic heterocycles. The third-order valence-electron chi connectivity index (χ3n) is 2.72. The minimum Gasteiger partial charge on any atom is -0.338 e. The summed E-state index contributed by atoms with van der Waals surface area (Å²) in [6, 6.07) is 10.1. The maximum atomic E-state index is 5.82. The maximum absolute atomic E-state index is 5.82. The van der Waals surface area contributed by atoms with Crippen LogP contribution in [0.5, 0.6) is 0 Å². The molecule has 1 heterocycles. The summed E-state index contributed by atoms with van der Waals surface area (Å²) in [5.74, 6) is 1.27. The van der Waals surface area contributed by atoms with Gasteiger partial charge in [0.2, 0.25) is 5.89 Å². The first kappa shape index (κ1) is 11.8. The van der Waals surface area contributed by atoms with E-state index in [4.69, 9.17) is 10.3 Å².